The van der Waals surface area contributed by atoms with Crippen LogP contribution < -0.4 is 0 Å². The molecule has 3 heterocycles. The highest BCUT2D eigenvalue weighted by molar-refractivity contribution is 5.99. The minimum absolute atomic E-state index is 0.0132. The summed E-state index contributed by atoms with van der Waals surface area (Å²) in [6, 6.07) is 0. The van der Waals surface area contributed by atoms with Crippen molar-refractivity contribution in [2.75, 3.05) is 33.3 Å². The number of rotatable bonds is 6. The number of aromatic nitrogens is 3. The van der Waals surface area contributed by atoms with Crippen molar-refractivity contribution in [3.8, 4) is 0 Å². The number of nitrogens with zero attached hydrogens (tertiary/aromatic N) is 5. The van der Waals surface area contributed by atoms with Crippen LogP contribution >= 0.6 is 0 Å². The summed E-state index contributed by atoms with van der Waals surface area (Å²) >= 11 is 0. The number of piperidine rings is 1. The van der Waals surface area contributed by atoms with Gasteiger partial charge in [0.2, 0.25) is 0 Å². The lowest BCUT2D eigenvalue weighted by Crippen LogP contribution is -2.42. The molecule has 2 aromatic rings. The second-order valence-electron chi connectivity index (χ2n) is 6.50. The summed E-state index contributed by atoms with van der Waals surface area (Å²) in [5.41, 5.74) is 2.27. The van der Waals surface area contributed by atoms with Crippen LogP contribution in [0.25, 0.3) is 5.65 Å². The molecule has 1 aliphatic heterocycles. The summed E-state index contributed by atoms with van der Waals surface area (Å²) in [6.07, 6.45) is 7.52. The Morgan fingerprint density at radius 1 is 1.36 bits per heavy atom. The molecule has 1 atom stereocenters. The number of methoxy groups -OCH3 is 1. The average Bonchev–Trinajstić information content (AvgIpc) is 3.08. The fraction of sp³-hybridized carbons (Fsp3) is 0.611. The van der Waals surface area contributed by atoms with Crippen molar-refractivity contribution in [1.29, 1.82) is 0 Å². The molecule has 0 N–H and O–H groups in total. The van der Waals surface area contributed by atoms with Gasteiger partial charge in [0.05, 0.1) is 12.3 Å². The molecule has 136 valence electrons. The number of fused-ring (bicyclic) bond motifs is 1. The van der Waals surface area contributed by atoms with Crippen molar-refractivity contribution in [2.24, 2.45) is 0 Å². The van der Waals surface area contributed by atoms with Crippen LogP contribution in [0, 0.1) is 0 Å². The molecular weight excluding hydrogens is 318 g/mol. The number of amides is 1. The minimum Gasteiger partial charge on any atom is -0.380 e. The fourth-order valence-corrected chi connectivity index (χ4v) is 3.34. The van der Waals surface area contributed by atoms with E-state index in [-0.39, 0.29) is 12.0 Å². The Morgan fingerprint density at radius 2 is 2.16 bits per heavy atom. The van der Waals surface area contributed by atoms with Crippen molar-refractivity contribution in [3.05, 3.63) is 29.7 Å². The number of hydrogen-bond donors (Lipinski definition) is 0. The second-order valence-corrected chi connectivity index (χ2v) is 6.50. The topological polar surface area (TPSA) is 63.0 Å². The number of hydrogen-bond acceptors (Lipinski definition) is 5. The van der Waals surface area contributed by atoms with E-state index in [1.807, 2.05) is 17.3 Å². The van der Waals surface area contributed by atoms with Crippen LogP contribution in [0.15, 0.2) is 18.6 Å². The Morgan fingerprint density at radius 3 is 2.88 bits per heavy atom. The molecule has 3 rings (SSSR count). The molecule has 2 aromatic heterocycles. The minimum atomic E-state index is -0.0132. The molecule has 25 heavy (non-hydrogen) atoms. The van der Waals surface area contributed by atoms with Crippen LogP contribution in [0.1, 0.15) is 42.6 Å². The van der Waals surface area contributed by atoms with Crippen molar-refractivity contribution in [1.82, 2.24) is 24.4 Å². The maximum absolute atomic E-state index is 12.9. The van der Waals surface area contributed by atoms with E-state index in [4.69, 9.17) is 4.74 Å². The molecule has 7 heteroatoms. The molecule has 1 fully saturated rings. The van der Waals surface area contributed by atoms with Crippen molar-refractivity contribution in [2.45, 2.75) is 39.3 Å². The first kappa shape index (κ1) is 17.8. The highest BCUT2D eigenvalue weighted by Gasteiger charge is 2.26. The Kier molecular flexibility index (Phi) is 5.65. The summed E-state index contributed by atoms with van der Waals surface area (Å²) < 4.78 is 7.13. The van der Waals surface area contributed by atoms with E-state index in [2.05, 4.69) is 28.8 Å². The quantitative estimate of drug-likeness (QED) is 0.799. The summed E-state index contributed by atoms with van der Waals surface area (Å²) in [6.45, 7) is 8.50. The monoisotopic (exact) mass is 345 g/mol. The zero-order valence-corrected chi connectivity index (χ0v) is 15.3. The van der Waals surface area contributed by atoms with Crippen LogP contribution in [0.2, 0.25) is 0 Å². The van der Waals surface area contributed by atoms with Crippen molar-refractivity contribution in [3.63, 3.8) is 0 Å². The first-order chi connectivity index (χ1) is 12.2. The van der Waals surface area contributed by atoms with Gasteiger partial charge in [0.1, 0.15) is 5.56 Å². The van der Waals surface area contributed by atoms with E-state index < -0.39 is 0 Å². The molecule has 0 unspecified atom stereocenters. The Hall–Kier alpha value is -1.99. The zero-order chi connectivity index (χ0) is 17.8. The number of ether oxygens (including phenoxy) is 1. The smallest absolute Gasteiger partial charge is 0.259 e. The van der Waals surface area contributed by atoms with Gasteiger partial charge in [-0.05, 0) is 25.9 Å². The van der Waals surface area contributed by atoms with Crippen molar-refractivity contribution >= 4 is 11.6 Å². The van der Waals surface area contributed by atoms with Crippen LogP contribution in [-0.4, -0.2) is 69.7 Å². The third-order valence-electron chi connectivity index (χ3n) is 4.94. The molecule has 0 aromatic carbocycles. The molecular formula is C18H27N5O2. The lowest BCUT2D eigenvalue weighted by atomic mass is 10.1. The predicted octanol–water partition coefficient (Wildman–Crippen LogP) is 1.82. The molecule has 0 spiro atoms. The van der Waals surface area contributed by atoms with E-state index in [1.165, 1.54) is 0 Å². The van der Waals surface area contributed by atoms with Crippen LogP contribution in [-0.2, 0) is 11.3 Å². The first-order valence-electron chi connectivity index (χ1n) is 9.02. The predicted molar refractivity (Wildman–Crippen MR) is 95.5 cm³/mol. The van der Waals surface area contributed by atoms with E-state index >= 15 is 0 Å². The van der Waals surface area contributed by atoms with E-state index in [1.54, 1.807) is 17.8 Å². The Balaban J connectivity index is 1.79. The maximum atomic E-state index is 12.9. The molecule has 0 aliphatic carbocycles. The van der Waals surface area contributed by atoms with E-state index in [0.717, 1.165) is 44.6 Å². The SMILES string of the molecule is CCN(CC)Cc1cnc2c(C(=O)N3CCC[C@H](OC)C3)cnn2c1. The lowest BCUT2D eigenvalue weighted by Gasteiger charge is -2.31. The molecule has 0 saturated carbocycles. The van der Waals surface area contributed by atoms with Gasteiger partial charge in [0, 0.05) is 44.7 Å². The highest BCUT2D eigenvalue weighted by Crippen LogP contribution is 2.18. The normalized spacial score (nSPS) is 18.2. The summed E-state index contributed by atoms with van der Waals surface area (Å²) in [5, 5.41) is 4.35. The Bertz CT molecular complexity index is 725. The largest absolute Gasteiger partial charge is 0.380 e. The van der Waals surface area contributed by atoms with Gasteiger partial charge in [-0.25, -0.2) is 9.50 Å². The van der Waals surface area contributed by atoms with Gasteiger partial charge in [-0.1, -0.05) is 13.8 Å². The average molecular weight is 345 g/mol. The van der Waals surface area contributed by atoms with Crippen LogP contribution in [0.4, 0.5) is 0 Å². The summed E-state index contributed by atoms with van der Waals surface area (Å²) in [5.74, 6) is -0.0132. The molecule has 1 aliphatic rings. The zero-order valence-electron chi connectivity index (χ0n) is 15.3. The summed E-state index contributed by atoms with van der Waals surface area (Å²) in [4.78, 5) is 21.5. The lowest BCUT2D eigenvalue weighted by molar-refractivity contribution is 0.0270. The molecule has 1 amide bonds. The molecule has 0 radical (unpaired) electrons. The third kappa shape index (κ3) is 3.82. The highest BCUT2D eigenvalue weighted by atomic mass is 16.5. The van der Waals surface area contributed by atoms with Gasteiger partial charge in [-0.3, -0.25) is 9.69 Å². The maximum Gasteiger partial charge on any atom is 0.259 e. The van der Waals surface area contributed by atoms with Gasteiger partial charge in [0.15, 0.2) is 5.65 Å². The van der Waals surface area contributed by atoms with Gasteiger partial charge in [0.25, 0.3) is 5.91 Å². The van der Waals surface area contributed by atoms with Gasteiger partial charge >= 0.3 is 0 Å². The van der Waals surface area contributed by atoms with Gasteiger partial charge in [-0.2, -0.15) is 5.10 Å². The Labute approximate surface area is 148 Å². The number of carbonyl (C=O) groups is 1. The van der Waals surface area contributed by atoms with Gasteiger partial charge < -0.3 is 9.64 Å². The van der Waals surface area contributed by atoms with Crippen molar-refractivity contribution < 1.29 is 9.53 Å². The number of likely N-dealkylation sites (tertiary alicyclic amines) is 1. The number of carbonyl (C=O) groups excluding carboxylic acids is 1. The van der Waals surface area contributed by atoms with Gasteiger partial charge in [-0.15, -0.1) is 0 Å². The third-order valence-corrected chi connectivity index (χ3v) is 4.94. The second kappa shape index (κ2) is 7.93. The van der Waals surface area contributed by atoms with E-state index in [9.17, 15) is 4.79 Å². The molecule has 0 bridgehead atoms. The van der Waals surface area contributed by atoms with Crippen LogP contribution in [0.3, 0.4) is 0 Å². The molecule has 1 saturated heterocycles. The van der Waals surface area contributed by atoms with E-state index in [0.29, 0.717) is 17.8 Å². The fourth-order valence-electron chi connectivity index (χ4n) is 3.34. The molecule has 7 nitrogen and oxygen atoms in total. The summed E-state index contributed by atoms with van der Waals surface area (Å²) in [7, 11) is 1.70. The standard InChI is InChI=1S/C18H27N5O2/c1-4-21(5-2)11-14-9-19-17-16(10-20-23(17)12-14)18(24)22-8-6-7-15(13-22)25-3/h9-10,12,15H,4-8,11,13H2,1-3H3/t15-/m0/s1. The van der Waals surface area contributed by atoms with Crippen LogP contribution in [0.5, 0.6) is 0 Å². The first-order valence-corrected chi connectivity index (χ1v) is 9.02.